The summed E-state index contributed by atoms with van der Waals surface area (Å²) in [6.45, 7) is 13.0. The monoisotopic (exact) mass is 269 g/mol. The lowest BCUT2D eigenvalue weighted by Crippen LogP contribution is -2.45. The maximum atomic E-state index is 10.3. The summed E-state index contributed by atoms with van der Waals surface area (Å²) in [6, 6.07) is 0. The number of hydrogen-bond acceptors (Lipinski definition) is 3. The third-order valence-corrected chi connectivity index (χ3v) is 6.07. The van der Waals surface area contributed by atoms with Gasteiger partial charge in [-0.25, -0.2) is 0 Å². The van der Waals surface area contributed by atoms with E-state index >= 15 is 0 Å². The molecule has 0 amide bonds. The minimum absolute atomic E-state index is 0.284. The summed E-state index contributed by atoms with van der Waals surface area (Å²) in [4.78, 5) is 0. The van der Waals surface area contributed by atoms with Crippen LogP contribution in [0.4, 0.5) is 0 Å². The molecule has 2 fully saturated rings. The van der Waals surface area contributed by atoms with Gasteiger partial charge in [-0.05, 0) is 49.5 Å². The maximum Gasteiger partial charge on any atom is 0.0975 e. The standard InChI is InChI=1S/C16H31NO2/c1-6-17-10-15(4,18)11-19-13-9-12-7-8-16(13,5)14(12,2)3/h12-13,17-18H,6-11H2,1-5H3. The van der Waals surface area contributed by atoms with Crippen LogP contribution >= 0.6 is 0 Å². The van der Waals surface area contributed by atoms with Gasteiger partial charge in [0.05, 0.1) is 18.3 Å². The summed E-state index contributed by atoms with van der Waals surface area (Å²) >= 11 is 0. The van der Waals surface area contributed by atoms with Crippen LogP contribution in [0, 0.1) is 16.7 Å². The fourth-order valence-electron chi connectivity index (χ4n) is 4.11. The number of fused-ring (bicyclic) bond motifs is 2. The van der Waals surface area contributed by atoms with Crippen LogP contribution in [0.3, 0.4) is 0 Å². The van der Waals surface area contributed by atoms with E-state index in [1.54, 1.807) is 0 Å². The molecule has 2 saturated carbocycles. The average molecular weight is 269 g/mol. The summed E-state index contributed by atoms with van der Waals surface area (Å²) in [5.74, 6) is 0.793. The van der Waals surface area contributed by atoms with E-state index in [0.29, 0.717) is 24.7 Å². The number of hydrogen-bond donors (Lipinski definition) is 2. The molecule has 2 aliphatic carbocycles. The van der Waals surface area contributed by atoms with Crippen LogP contribution < -0.4 is 5.32 Å². The molecule has 0 aliphatic heterocycles. The molecular formula is C16H31NO2. The van der Waals surface area contributed by atoms with Crippen LogP contribution in [0.25, 0.3) is 0 Å². The van der Waals surface area contributed by atoms with Gasteiger partial charge in [0.1, 0.15) is 0 Å². The predicted octanol–water partition coefficient (Wildman–Crippen LogP) is 2.58. The fraction of sp³-hybridized carbons (Fsp3) is 1.00. The van der Waals surface area contributed by atoms with Gasteiger partial charge in [0.15, 0.2) is 0 Å². The molecule has 2 rings (SSSR count). The second-order valence-electron chi connectivity index (χ2n) is 7.69. The first-order valence-electron chi connectivity index (χ1n) is 7.77. The van der Waals surface area contributed by atoms with Gasteiger partial charge < -0.3 is 15.2 Å². The molecule has 3 heteroatoms. The summed E-state index contributed by atoms with van der Waals surface area (Å²) in [7, 11) is 0. The lowest BCUT2D eigenvalue weighted by Gasteiger charge is -2.40. The molecule has 0 spiro atoms. The van der Waals surface area contributed by atoms with Crippen molar-refractivity contribution in [3.8, 4) is 0 Å². The summed E-state index contributed by atoms with van der Waals surface area (Å²) in [5, 5.41) is 13.5. The van der Waals surface area contributed by atoms with Gasteiger partial charge in [0.25, 0.3) is 0 Å². The smallest absolute Gasteiger partial charge is 0.0975 e. The van der Waals surface area contributed by atoms with Crippen LogP contribution in [0.15, 0.2) is 0 Å². The Morgan fingerprint density at radius 1 is 1.37 bits per heavy atom. The molecule has 4 unspecified atom stereocenters. The van der Waals surface area contributed by atoms with Crippen molar-refractivity contribution in [2.45, 2.75) is 65.6 Å². The van der Waals surface area contributed by atoms with Gasteiger partial charge in [-0.1, -0.05) is 27.7 Å². The van der Waals surface area contributed by atoms with E-state index in [0.717, 1.165) is 12.5 Å². The number of nitrogens with one attached hydrogen (secondary N) is 1. The molecule has 0 aromatic rings. The Labute approximate surface area is 118 Å². The normalized spacial score (nSPS) is 39.5. The highest BCUT2D eigenvalue weighted by Crippen LogP contribution is 2.66. The quantitative estimate of drug-likeness (QED) is 0.779. The zero-order valence-electron chi connectivity index (χ0n) is 13.3. The topological polar surface area (TPSA) is 41.5 Å². The molecule has 2 N–H and O–H groups in total. The van der Waals surface area contributed by atoms with Gasteiger partial charge in [0.2, 0.25) is 0 Å². The second kappa shape index (κ2) is 5.01. The highest BCUT2D eigenvalue weighted by atomic mass is 16.5. The van der Waals surface area contributed by atoms with E-state index in [4.69, 9.17) is 4.74 Å². The Kier molecular flexibility index (Phi) is 4.03. The van der Waals surface area contributed by atoms with Gasteiger partial charge >= 0.3 is 0 Å². The molecule has 0 aromatic carbocycles. The Morgan fingerprint density at radius 3 is 2.53 bits per heavy atom. The molecule has 2 aliphatic rings. The third kappa shape index (κ3) is 2.57. The highest BCUT2D eigenvalue weighted by Gasteiger charge is 2.61. The summed E-state index contributed by atoms with van der Waals surface area (Å²) < 4.78 is 6.15. The SMILES string of the molecule is CCNCC(C)(O)COC1CC2CCC1(C)C2(C)C. The number of aliphatic hydroxyl groups is 1. The van der Waals surface area contributed by atoms with Crippen LogP contribution in [-0.2, 0) is 4.74 Å². The van der Waals surface area contributed by atoms with Crippen molar-refractivity contribution in [3.63, 3.8) is 0 Å². The second-order valence-corrected chi connectivity index (χ2v) is 7.69. The van der Waals surface area contributed by atoms with Crippen molar-refractivity contribution in [1.82, 2.24) is 5.32 Å². The van der Waals surface area contributed by atoms with E-state index in [9.17, 15) is 5.11 Å². The molecule has 2 bridgehead atoms. The van der Waals surface area contributed by atoms with Gasteiger partial charge in [-0.3, -0.25) is 0 Å². The van der Waals surface area contributed by atoms with Crippen molar-refractivity contribution >= 4 is 0 Å². The zero-order valence-corrected chi connectivity index (χ0v) is 13.3. The molecule has 3 nitrogen and oxygen atoms in total. The van der Waals surface area contributed by atoms with Crippen LogP contribution in [0.1, 0.15) is 53.9 Å². The van der Waals surface area contributed by atoms with Crippen molar-refractivity contribution in [1.29, 1.82) is 0 Å². The largest absolute Gasteiger partial charge is 0.386 e. The maximum absolute atomic E-state index is 10.3. The summed E-state index contributed by atoms with van der Waals surface area (Å²) in [6.07, 6.45) is 4.09. The Balaban J connectivity index is 1.92. The Bertz CT molecular complexity index is 327. The van der Waals surface area contributed by atoms with E-state index in [1.807, 2.05) is 6.92 Å². The van der Waals surface area contributed by atoms with E-state index in [2.05, 4.69) is 33.0 Å². The highest BCUT2D eigenvalue weighted by molar-refractivity contribution is 5.11. The first kappa shape index (κ1) is 15.3. The van der Waals surface area contributed by atoms with Crippen LogP contribution in [0.2, 0.25) is 0 Å². The first-order valence-corrected chi connectivity index (χ1v) is 7.77. The van der Waals surface area contributed by atoms with Crippen molar-refractivity contribution < 1.29 is 9.84 Å². The lowest BCUT2D eigenvalue weighted by molar-refractivity contribution is -0.104. The van der Waals surface area contributed by atoms with E-state index < -0.39 is 5.60 Å². The molecule has 4 atom stereocenters. The van der Waals surface area contributed by atoms with Crippen LogP contribution in [0.5, 0.6) is 0 Å². The molecule has 0 saturated heterocycles. The molecule has 112 valence electrons. The van der Waals surface area contributed by atoms with Gasteiger partial charge in [-0.2, -0.15) is 0 Å². The minimum atomic E-state index is -0.766. The van der Waals surface area contributed by atoms with Gasteiger partial charge in [-0.15, -0.1) is 0 Å². The lowest BCUT2D eigenvalue weighted by atomic mass is 9.70. The molecular weight excluding hydrogens is 238 g/mol. The first-order chi connectivity index (χ1) is 8.73. The molecule has 19 heavy (non-hydrogen) atoms. The van der Waals surface area contributed by atoms with Crippen molar-refractivity contribution in [2.24, 2.45) is 16.7 Å². The number of likely N-dealkylation sites (N-methyl/N-ethyl adjacent to an activating group) is 1. The molecule has 0 heterocycles. The van der Waals surface area contributed by atoms with Crippen LogP contribution in [-0.4, -0.2) is 36.5 Å². The molecule has 0 radical (unpaired) electrons. The minimum Gasteiger partial charge on any atom is -0.386 e. The Morgan fingerprint density at radius 2 is 2.05 bits per heavy atom. The van der Waals surface area contributed by atoms with E-state index in [-0.39, 0.29) is 5.41 Å². The number of rotatable bonds is 6. The van der Waals surface area contributed by atoms with Gasteiger partial charge in [0, 0.05) is 6.54 Å². The third-order valence-electron chi connectivity index (χ3n) is 6.07. The van der Waals surface area contributed by atoms with Crippen molar-refractivity contribution in [3.05, 3.63) is 0 Å². The summed E-state index contributed by atoms with van der Waals surface area (Å²) in [5.41, 5.74) is -0.102. The average Bonchev–Trinajstić information content (AvgIpc) is 2.66. The molecule has 0 aromatic heterocycles. The fourth-order valence-corrected chi connectivity index (χ4v) is 4.11. The zero-order chi connectivity index (χ0) is 14.3. The van der Waals surface area contributed by atoms with Crippen molar-refractivity contribution in [2.75, 3.05) is 19.7 Å². The van der Waals surface area contributed by atoms with E-state index in [1.165, 1.54) is 19.3 Å². The Hall–Kier alpha value is -0.120. The predicted molar refractivity (Wildman–Crippen MR) is 78.1 cm³/mol. The number of ether oxygens (including phenoxy) is 1.